The smallest absolute Gasteiger partial charge is 0.168 e. The number of nitrogens with one attached hydrogen (secondary N) is 2. The van der Waals surface area contributed by atoms with E-state index in [1.807, 2.05) is 11.9 Å². The summed E-state index contributed by atoms with van der Waals surface area (Å²) in [5.41, 5.74) is 6.91. The molecule has 0 aliphatic carbocycles. The molecule has 1 saturated heterocycles. The van der Waals surface area contributed by atoms with Crippen molar-refractivity contribution in [1.82, 2.24) is 15.4 Å². The molecule has 0 spiro atoms. The van der Waals surface area contributed by atoms with E-state index in [-0.39, 0.29) is 15.8 Å². The van der Waals surface area contributed by atoms with Crippen molar-refractivity contribution in [2.24, 2.45) is 0 Å². The topological polar surface area (TPSA) is 50.8 Å². The Morgan fingerprint density at radius 3 is 1.16 bits per heavy atom. The maximum Gasteiger partial charge on any atom is 0.168 e. The number of benzene rings is 1. The molecule has 3 N–H and O–H groups in total. The van der Waals surface area contributed by atoms with Gasteiger partial charge in [-0.3, -0.25) is 0 Å². The molecule has 1 heterocycles. The van der Waals surface area contributed by atoms with E-state index in [2.05, 4.69) is 94.8 Å². The minimum Gasteiger partial charge on any atom is -0.507 e. The van der Waals surface area contributed by atoms with Gasteiger partial charge in [-0.25, -0.2) is 5.43 Å². The summed E-state index contributed by atoms with van der Waals surface area (Å²) >= 11 is 1.84. The van der Waals surface area contributed by atoms with E-state index in [0.717, 1.165) is 24.1 Å². The van der Waals surface area contributed by atoms with Crippen LogP contribution in [0.15, 0.2) is 12.1 Å². The van der Waals surface area contributed by atoms with Gasteiger partial charge in [-0.1, -0.05) is 248 Å². The van der Waals surface area contributed by atoms with Crippen molar-refractivity contribution < 1.29 is 5.11 Å². The average molecular weight is 829 g/mol. The minimum absolute atomic E-state index is 0.157. The maximum absolute atomic E-state index is 11.5. The highest BCUT2D eigenvalue weighted by Crippen LogP contribution is 2.45. The van der Waals surface area contributed by atoms with Crippen LogP contribution in [0.2, 0.25) is 0 Å². The molecule has 0 bridgehead atoms. The lowest BCUT2D eigenvalue weighted by Gasteiger charge is -2.40. The Kier molecular flexibility index (Phi) is 28.4. The number of phenolic OH excluding ortho intramolecular Hbond substituents is 1. The zero-order valence-electron chi connectivity index (χ0n) is 40.4. The van der Waals surface area contributed by atoms with Gasteiger partial charge in [0.2, 0.25) is 0 Å². The summed E-state index contributed by atoms with van der Waals surface area (Å²) in [6.45, 7) is 18.9. The molecule has 58 heavy (non-hydrogen) atoms. The van der Waals surface area contributed by atoms with Gasteiger partial charge in [0.25, 0.3) is 0 Å². The molecule has 1 aliphatic heterocycles. The van der Waals surface area contributed by atoms with Gasteiger partial charge in [0.05, 0.1) is 0 Å². The molecular weight excluding hydrogens is 729 g/mol. The summed E-state index contributed by atoms with van der Waals surface area (Å²) < 4.78 is 0. The van der Waals surface area contributed by atoms with Crippen LogP contribution in [-0.4, -0.2) is 28.8 Å². The van der Waals surface area contributed by atoms with Crippen molar-refractivity contribution in [2.45, 2.75) is 283 Å². The van der Waals surface area contributed by atoms with E-state index >= 15 is 0 Å². The molecule has 1 unspecified atom stereocenters. The first-order valence-electron chi connectivity index (χ1n) is 25.5. The number of rotatable bonds is 36. The Bertz CT molecular complexity index is 1110. The van der Waals surface area contributed by atoms with Crippen molar-refractivity contribution >= 4 is 17.6 Å². The third-order valence-electron chi connectivity index (χ3n) is 12.9. The quantitative estimate of drug-likeness (QED) is 0.0463. The molecule has 1 aromatic rings. The van der Waals surface area contributed by atoms with Crippen LogP contribution in [0.1, 0.15) is 278 Å². The molecule has 340 valence electrons. The van der Waals surface area contributed by atoms with Gasteiger partial charge in [-0.2, -0.15) is 9.95 Å². The average Bonchev–Trinajstić information content (AvgIpc) is 3.60. The molecule has 2 rings (SSSR count). The van der Waals surface area contributed by atoms with Gasteiger partial charge in [-0.15, -0.1) is 0 Å². The van der Waals surface area contributed by atoms with E-state index < -0.39 is 0 Å². The molecular formula is C52H100N4OS. The van der Waals surface area contributed by atoms with Crippen LogP contribution in [-0.2, 0) is 10.8 Å². The predicted molar refractivity (Wildman–Crippen MR) is 261 cm³/mol. The number of aromatic hydroxyl groups is 1. The fourth-order valence-corrected chi connectivity index (χ4v) is 9.85. The zero-order valence-corrected chi connectivity index (χ0v) is 41.3. The highest BCUT2D eigenvalue weighted by atomic mass is 32.2. The molecule has 1 aromatic carbocycles. The Hall–Kier alpha value is -0.950. The second kappa shape index (κ2) is 31.0. The van der Waals surface area contributed by atoms with Crippen LogP contribution in [0.25, 0.3) is 0 Å². The van der Waals surface area contributed by atoms with Gasteiger partial charge in [-0.05, 0) is 54.2 Å². The fourth-order valence-electron chi connectivity index (χ4n) is 8.80. The number of phenols is 1. The third-order valence-corrected chi connectivity index (χ3v) is 14.1. The van der Waals surface area contributed by atoms with Gasteiger partial charge in [0.1, 0.15) is 5.75 Å². The van der Waals surface area contributed by atoms with Gasteiger partial charge in [0, 0.05) is 30.4 Å². The van der Waals surface area contributed by atoms with Crippen molar-refractivity contribution in [3.63, 3.8) is 0 Å². The van der Waals surface area contributed by atoms with Crippen molar-refractivity contribution in [3.05, 3.63) is 23.3 Å². The number of hydrazine groups is 2. The molecule has 1 fully saturated rings. The number of hydrogen-bond donors (Lipinski definition) is 3. The standard InChI is InChI=1S/C52H100N4OS/c1-10-12-14-16-18-20-22-24-26-28-30-32-34-36-38-40-42-52(55(9)46-44-47(50(3,4)5)49(57)48(45-46)51(6,7)8)53-56(54-58-52)43-41-39-37-35-33-31-29-27-25-23-21-19-17-15-13-11-2/h44-45,53-54,57H,10-43H2,1-9H3. The summed E-state index contributed by atoms with van der Waals surface area (Å²) in [5, 5.41) is 13.8. The Balaban J connectivity index is 1.83. The molecule has 1 atom stereocenters. The lowest BCUT2D eigenvalue weighted by molar-refractivity contribution is 0.141. The van der Waals surface area contributed by atoms with Crippen LogP contribution >= 0.6 is 11.9 Å². The van der Waals surface area contributed by atoms with Crippen molar-refractivity contribution in [3.8, 4) is 5.75 Å². The molecule has 0 radical (unpaired) electrons. The van der Waals surface area contributed by atoms with E-state index in [0.29, 0.717) is 5.75 Å². The van der Waals surface area contributed by atoms with E-state index in [4.69, 9.17) is 0 Å². The SMILES string of the molecule is CCCCCCCCCCCCCCCCCCN1NSC(CCCCCCCCCCCCCCCCCC)(N(C)c2cc(C(C)(C)C)c(O)c(C(C)(C)C)c2)N1. The lowest BCUT2D eigenvalue weighted by atomic mass is 9.79. The zero-order chi connectivity index (χ0) is 42.5. The van der Waals surface area contributed by atoms with E-state index in [1.54, 1.807) is 0 Å². The van der Waals surface area contributed by atoms with Gasteiger partial charge < -0.3 is 10.0 Å². The predicted octanol–water partition coefficient (Wildman–Crippen LogP) is 17.0. The van der Waals surface area contributed by atoms with Crippen LogP contribution in [0.4, 0.5) is 5.69 Å². The number of anilines is 1. The minimum atomic E-state index is -0.285. The first-order valence-corrected chi connectivity index (χ1v) is 26.3. The lowest BCUT2D eigenvalue weighted by Crippen LogP contribution is -2.56. The van der Waals surface area contributed by atoms with Crippen molar-refractivity contribution in [1.29, 1.82) is 0 Å². The third kappa shape index (κ3) is 22.2. The fraction of sp³-hybridized carbons (Fsp3) is 0.885. The molecule has 0 amide bonds. The Labute approximate surface area is 367 Å². The molecule has 0 aromatic heterocycles. The molecule has 6 heteroatoms. The van der Waals surface area contributed by atoms with Crippen LogP contribution in [0.5, 0.6) is 5.75 Å². The van der Waals surface area contributed by atoms with Gasteiger partial charge >= 0.3 is 0 Å². The van der Waals surface area contributed by atoms with Crippen molar-refractivity contribution in [2.75, 3.05) is 18.5 Å². The molecule has 1 aliphatic rings. The molecule has 5 nitrogen and oxygen atoms in total. The second-order valence-electron chi connectivity index (χ2n) is 20.5. The largest absolute Gasteiger partial charge is 0.507 e. The Morgan fingerprint density at radius 1 is 0.517 bits per heavy atom. The Morgan fingerprint density at radius 2 is 0.828 bits per heavy atom. The normalized spacial score (nSPS) is 16.5. The summed E-state index contributed by atoms with van der Waals surface area (Å²) in [7, 11) is 2.26. The highest BCUT2D eigenvalue weighted by molar-refractivity contribution is 7.99. The van der Waals surface area contributed by atoms with Crippen LogP contribution in [0, 0.1) is 0 Å². The maximum atomic E-state index is 11.5. The summed E-state index contributed by atoms with van der Waals surface area (Å²) in [6.07, 6.45) is 45.7. The summed E-state index contributed by atoms with van der Waals surface area (Å²) in [4.78, 5) is 5.88. The van der Waals surface area contributed by atoms with Crippen LogP contribution < -0.4 is 15.2 Å². The second-order valence-corrected chi connectivity index (χ2v) is 21.6. The number of hydrogen-bond acceptors (Lipinski definition) is 6. The van der Waals surface area contributed by atoms with E-state index in [1.165, 1.54) is 211 Å². The monoisotopic (exact) mass is 829 g/mol. The first kappa shape index (κ1) is 53.2. The highest BCUT2D eigenvalue weighted by Gasteiger charge is 2.43. The molecule has 0 saturated carbocycles. The van der Waals surface area contributed by atoms with Gasteiger partial charge in [0.15, 0.2) is 4.99 Å². The number of unbranched alkanes of at least 4 members (excludes halogenated alkanes) is 30. The number of nitrogens with zero attached hydrogens (tertiary/aromatic N) is 2. The summed E-state index contributed by atoms with van der Waals surface area (Å²) in [5.74, 6) is 0.458. The van der Waals surface area contributed by atoms with E-state index in [9.17, 15) is 5.11 Å². The van der Waals surface area contributed by atoms with Crippen LogP contribution in [0.3, 0.4) is 0 Å². The first-order chi connectivity index (χ1) is 27.9. The summed E-state index contributed by atoms with van der Waals surface area (Å²) in [6, 6.07) is 4.50.